The molecule has 0 fully saturated rings. The van der Waals surface area contributed by atoms with E-state index in [1.807, 2.05) is 30.3 Å². The second kappa shape index (κ2) is 7.73. The van der Waals surface area contributed by atoms with Gasteiger partial charge < -0.3 is 14.9 Å². The summed E-state index contributed by atoms with van der Waals surface area (Å²) in [6.45, 7) is 0.297. The Bertz CT molecular complexity index is 451. The van der Waals surface area contributed by atoms with Crippen LogP contribution in [0, 0.1) is 0 Å². The summed E-state index contributed by atoms with van der Waals surface area (Å²) in [5.41, 5.74) is 1.13. The van der Waals surface area contributed by atoms with Gasteiger partial charge in [0.15, 0.2) is 0 Å². The molecule has 0 unspecified atom stereocenters. The zero-order valence-corrected chi connectivity index (χ0v) is 9.69. The number of ether oxygens (including phenoxy) is 1. The molecule has 18 heavy (non-hydrogen) atoms. The van der Waals surface area contributed by atoms with Crippen LogP contribution in [-0.4, -0.2) is 16.7 Å². The Hall–Kier alpha value is -2.49. The maximum absolute atomic E-state index is 9.09. The predicted octanol–water partition coefficient (Wildman–Crippen LogP) is 2.67. The molecule has 0 amide bonds. The highest BCUT2D eigenvalue weighted by Crippen LogP contribution is 2.17. The fourth-order valence-corrected chi connectivity index (χ4v) is 1.28. The van der Waals surface area contributed by atoms with E-state index in [0.717, 1.165) is 11.3 Å². The smallest absolute Gasteiger partial charge is 0.290 e. The van der Waals surface area contributed by atoms with E-state index in [0.29, 0.717) is 6.61 Å². The quantitative estimate of drug-likeness (QED) is 0.817. The first-order valence-electron chi connectivity index (χ1n) is 5.30. The Morgan fingerprint density at radius 2 is 1.56 bits per heavy atom. The van der Waals surface area contributed by atoms with Gasteiger partial charge in [0.25, 0.3) is 6.47 Å². The molecule has 0 bridgehead atoms. The van der Waals surface area contributed by atoms with Gasteiger partial charge in [-0.2, -0.15) is 0 Å². The van der Waals surface area contributed by atoms with Gasteiger partial charge in [0.2, 0.25) is 0 Å². The van der Waals surface area contributed by atoms with Gasteiger partial charge in [-0.05, 0) is 29.8 Å². The summed E-state index contributed by atoms with van der Waals surface area (Å²) in [4.78, 5) is 8.36. The maximum Gasteiger partial charge on any atom is 0.290 e. The Labute approximate surface area is 105 Å². The SMILES string of the molecule is O=CO.Oc1ccc(OCc2ccccc2)cc1. The van der Waals surface area contributed by atoms with Crippen LogP contribution in [-0.2, 0) is 11.4 Å². The van der Waals surface area contributed by atoms with Crippen LogP contribution in [0.4, 0.5) is 0 Å². The molecule has 0 saturated heterocycles. The molecule has 0 aliphatic heterocycles. The maximum atomic E-state index is 9.09. The largest absolute Gasteiger partial charge is 0.508 e. The van der Waals surface area contributed by atoms with Crippen LogP contribution < -0.4 is 4.74 Å². The van der Waals surface area contributed by atoms with Gasteiger partial charge in [0, 0.05) is 0 Å². The normalized spacial score (nSPS) is 8.89. The second-order valence-corrected chi connectivity index (χ2v) is 3.37. The summed E-state index contributed by atoms with van der Waals surface area (Å²) < 4.78 is 5.54. The number of carboxylic acid groups (broad SMARTS) is 1. The number of hydrogen-bond acceptors (Lipinski definition) is 3. The van der Waals surface area contributed by atoms with Gasteiger partial charge in [-0.25, -0.2) is 0 Å². The highest BCUT2D eigenvalue weighted by molar-refractivity contribution is 5.32. The van der Waals surface area contributed by atoms with Crippen LogP contribution in [0.15, 0.2) is 54.6 Å². The van der Waals surface area contributed by atoms with Crippen LogP contribution in [0.3, 0.4) is 0 Å². The molecule has 94 valence electrons. The zero-order chi connectivity index (χ0) is 13.2. The molecule has 0 aromatic heterocycles. The molecule has 0 aliphatic rings. The molecule has 0 saturated carbocycles. The van der Waals surface area contributed by atoms with E-state index < -0.39 is 0 Å². The summed E-state index contributed by atoms with van der Waals surface area (Å²) in [6, 6.07) is 16.7. The number of carbonyl (C=O) groups is 1. The first kappa shape index (κ1) is 13.6. The first-order chi connectivity index (χ1) is 8.76. The van der Waals surface area contributed by atoms with Gasteiger partial charge >= 0.3 is 0 Å². The van der Waals surface area contributed by atoms with Crippen molar-refractivity contribution in [3.63, 3.8) is 0 Å². The second-order valence-electron chi connectivity index (χ2n) is 3.37. The van der Waals surface area contributed by atoms with Gasteiger partial charge in [0.05, 0.1) is 0 Å². The number of aromatic hydroxyl groups is 1. The zero-order valence-electron chi connectivity index (χ0n) is 9.69. The Morgan fingerprint density at radius 1 is 1.00 bits per heavy atom. The van der Waals surface area contributed by atoms with Crippen LogP contribution in [0.1, 0.15) is 5.56 Å². The van der Waals surface area contributed by atoms with Crippen molar-refractivity contribution in [2.45, 2.75) is 6.61 Å². The topological polar surface area (TPSA) is 66.8 Å². The van der Waals surface area contributed by atoms with Crippen molar-refractivity contribution in [3.05, 3.63) is 60.2 Å². The third-order valence-electron chi connectivity index (χ3n) is 2.09. The van der Waals surface area contributed by atoms with Crippen LogP contribution >= 0.6 is 0 Å². The average Bonchev–Trinajstić information content (AvgIpc) is 2.40. The number of rotatable bonds is 3. The van der Waals surface area contributed by atoms with Crippen molar-refractivity contribution in [2.75, 3.05) is 0 Å². The molecule has 0 spiro atoms. The summed E-state index contributed by atoms with van der Waals surface area (Å²) in [7, 11) is 0. The summed E-state index contributed by atoms with van der Waals surface area (Å²) in [6.07, 6.45) is 0. The summed E-state index contributed by atoms with van der Waals surface area (Å²) >= 11 is 0. The van der Waals surface area contributed by atoms with Crippen LogP contribution in [0.2, 0.25) is 0 Å². The molecule has 4 heteroatoms. The molecular weight excluding hydrogens is 232 g/mol. The van der Waals surface area contributed by atoms with E-state index in [1.165, 1.54) is 0 Å². The monoisotopic (exact) mass is 246 g/mol. The molecule has 2 aromatic carbocycles. The van der Waals surface area contributed by atoms with Crippen LogP contribution in [0.5, 0.6) is 11.5 Å². The highest BCUT2D eigenvalue weighted by atomic mass is 16.5. The van der Waals surface area contributed by atoms with Crippen molar-refractivity contribution in [1.29, 1.82) is 0 Å². The minimum Gasteiger partial charge on any atom is -0.508 e. The minimum absolute atomic E-state index is 0.250. The van der Waals surface area contributed by atoms with Gasteiger partial charge in [-0.1, -0.05) is 30.3 Å². The third-order valence-corrected chi connectivity index (χ3v) is 2.09. The van der Waals surface area contributed by atoms with E-state index in [4.69, 9.17) is 19.7 Å². The van der Waals surface area contributed by atoms with Crippen molar-refractivity contribution >= 4 is 6.47 Å². The molecule has 0 radical (unpaired) electrons. The van der Waals surface area contributed by atoms with E-state index >= 15 is 0 Å². The van der Waals surface area contributed by atoms with Crippen molar-refractivity contribution in [2.24, 2.45) is 0 Å². The Balaban J connectivity index is 0.000000492. The van der Waals surface area contributed by atoms with Crippen molar-refractivity contribution in [3.8, 4) is 11.5 Å². The third kappa shape index (κ3) is 5.03. The van der Waals surface area contributed by atoms with E-state index in [9.17, 15) is 0 Å². The number of phenolic OH excluding ortho intramolecular Hbond substituents is 1. The number of hydrogen-bond donors (Lipinski definition) is 2. The highest BCUT2D eigenvalue weighted by Gasteiger charge is 1.95. The molecule has 2 N–H and O–H groups in total. The molecular formula is C14H14O4. The standard InChI is InChI=1S/C13H12O2.CH2O2/c14-12-6-8-13(9-7-12)15-10-11-4-2-1-3-5-11;2-1-3/h1-9,14H,10H2;1H,(H,2,3). The molecule has 2 aromatic rings. The molecule has 0 aliphatic carbocycles. The van der Waals surface area contributed by atoms with Crippen molar-refractivity contribution in [1.82, 2.24) is 0 Å². The van der Waals surface area contributed by atoms with E-state index in [-0.39, 0.29) is 12.2 Å². The molecule has 2 rings (SSSR count). The van der Waals surface area contributed by atoms with E-state index in [1.54, 1.807) is 24.3 Å². The lowest BCUT2D eigenvalue weighted by Crippen LogP contribution is -1.94. The molecule has 4 nitrogen and oxygen atoms in total. The predicted molar refractivity (Wildman–Crippen MR) is 67.6 cm³/mol. The molecule has 0 heterocycles. The van der Waals surface area contributed by atoms with Crippen molar-refractivity contribution < 1.29 is 19.7 Å². The minimum atomic E-state index is -0.250. The fraction of sp³-hybridized carbons (Fsp3) is 0.0714. The lowest BCUT2D eigenvalue weighted by atomic mass is 10.2. The lowest BCUT2D eigenvalue weighted by Gasteiger charge is -2.05. The summed E-state index contributed by atoms with van der Waals surface area (Å²) in [5.74, 6) is 1.01. The number of phenols is 1. The molecule has 0 atom stereocenters. The lowest BCUT2D eigenvalue weighted by molar-refractivity contribution is -0.122. The number of benzene rings is 2. The average molecular weight is 246 g/mol. The fourth-order valence-electron chi connectivity index (χ4n) is 1.28. The summed E-state index contributed by atoms with van der Waals surface area (Å²) in [5, 5.41) is 16.0. The Kier molecular flexibility index (Phi) is 5.83. The van der Waals surface area contributed by atoms with Crippen LogP contribution in [0.25, 0.3) is 0 Å². The first-order valence-corrected chi connectivity index (χ1v) is 5.30. The van der Waals surface area contributed by atoms with Gasteiger partial charge in [-0.15, -0.1) is 0 Å². The van der Waals surface area contributed by atoms with Gasteiger partial charge in [-0.3, -0.25) is 4.79 Å². The Morgan fingerprint density at radius 3 is 2.11 bits per heavy atom. The van der Waals surface area contributed by atoms with E-state index in [2.05, 4.69) is 0 Å². The van der Waals surface area contributed by atoms with Gasteiger partial charge in [0.1, 0.15) is 18.1 Å².